The molecule has 2 rings (SSSR count). The summed E-state index contributed by atoms with van der Waals surface area (Å²) in [7, 11) is 1.99. The van der Waals surface area contributed by atoms with Gasteiger partial charge in [-0.15, -0.1) is 0 Å². The minimum Gasteiger partial charge on any atom is -0.273 e. The molecule has 0 aliphatic heterocycles. The number of aryl methyl sites for hydroxylation is 3. The van der Waals surface area contributed by atoms with Crippen molar-refractivity contribution >= 4 is 0 Å². The molecule has 0 fully saturated rings. The van der Waals surface area contributed by atoms with E-state index in [-0.39, 0.29) is 6.04 Å². The molecule has 3 N–H and O–H groups in total. The fourth-order valence-electron chi connectivity index (χ4n) is 2.71. The van der Waals surface area contributed by atoms with Crippen molar-refractivity contribution in [2.24, 2.45) is 12.9 Å². The normalized spacial score (nSPS) is 12.8. The number of nitrogens with two attached hydrogens (primary N) is 1. The number of nitrogens with zero attached hydrogens (tertiary/aromatic N) is 4. The highest BCUT2D eigenvalue weighted by Gasteiger charge is 2.14. The zero-order valence-electron chi connectivity index (χ0n) is 13.4. The van der Waals surface area contributed by atoms with Crippen molar-refractivity contribution in [2.45, 2.75) is 52.6 Å². The van der Waals surface area contributed by atoms with E-state index in [4.69, 9.17) is 5.84 Å². The number of aromatic nitrogens is 4. The second kappa shape index (κ2) is 6.87. The molecule has 0 amide bonds. The van der Waals surface area contributed by atoms with Crippen LogP contribution in [-0.2, 0) is 26.4 Å². The Bertz CT molecular complexity index is 583. The Hall–Kier alpha value is -1.66. The smallest absolute Gasteiger partial charge is 0.0628 e. The van der Waals surface area contributed by atoms with Crippen molar-refractivity contribution in [2.75, 3.05) is 0 Å². The van der Waals surface area contributed by atoms with Crippen LogP contribution >= 0.6 is 0 Å². The van der Waals surface area contributed by atoms with Crippen molar-refractivity contribution < 1.29 is 0 Å². The van der Waals surface area contributed by atoms with Gasteiger partial charge in [-0.2, -0.15) is 10.2 Å². The first-order valence-corrected chi connectivity index (χ1v) is 7.51. The lowest BCUT2D eigenvalue weighted by atomic mass is 10.00. The molecule has 0 spiro atoms. The third-order valence-electron chi connectivity index (χ3n) is 4.13. The topological polar surface area (TPSA) is 73.7 Å². The van der Waals surface area contributed by atoms with Crippen LogP contribution in [0.1, 0.15) is 35.9 Å². The number of hydrazine groups is 1. The van der Waals surface area contributed by atoms with Gasteiger partial charge in [0, 0.05) is 31.5 Å². The Kier molecular flexibility index (Phi) is 5.14. The standard InChI is InChI=1S/C15H26N6/c1-5-21-10-13(9-17-21)8-14(18-16)6-7-15-11(2)19-20(4)12(15)3/h9-10,14,18H,5-8,16H2,1-4H3. The molecule has 2 aromatic rings. The van der Waals surface area contributed by atoms with Gasteiger partial charge in [0.25, 0.3) is 0 Å². The first-order chi connectivity index (χ1) is 10.0. The molecular formula is C15H26N6. The third kappa shape index (κ3) is 3.71. The fraction of sp³-hybridized carbons (Fsp3) is 0.600. The van der Waals surface area contributed by atoms with E-state index in [0.717, 1.165) is 31.5 Å². The molecule has 0 aromatic carbocycles. The fourth-order valence-corrected chi connectivity index (χ4v) is 2.71. The first kappa shape index (κ1) is 15.7. The molecule has 1 unspecified atom stereocenters. The van der Waals surface area contributed by atoms with Crippen LogP contribution in [0.4, 0.5) is 0 Å². The summed E-state index contributed by atoms with van der Waals surface area (Å²) in [4.78, 5) is 0. The molecule has 0 radical (unpaired) electrons. The minimum atomic E-state index is 0.249. The highest BCUT2D eigenvalue weighted by Crippen LogP contribution is 2.16. The van der Waals surface area contributed by atoms with E-state index < -0.39 is 0 Å². The summed E-state index contributed by atoms with van der Waals surface area (Å²) in [5.74, 6) is 5.71. The van der Waals surface area contributed by atoms with Gasteiger partial charge in [-0.05, 0) is 51.2 Å². The lowest BCUT2D eigenvalue weighted by Crippen LogP contribution is -2.37. The second-order valence-electron chi connectivity index (χ2n) is 5.58. The average Bonchev–Trinajstić information content (AvgIpc) is 3.01. The van der Waals surface area contributed by atoms with E-state index in [2.05, 4.69) is 42.6 Å². The van der Waals surface area contributed by atoms with E-state index in [1.807, 2.05) is 22.6 Å². The van der Waals surface area contributed by atoms with Gasteiger partial charge in [-0.3, -0.25) is 20.6 Å². The number of rotatable bonds is 7. The molecule has 21 heavy (non-hydrogen) atoms. The number of nitrogens with one attached hydrogen (secondary N) is 1. The third-order valence-corrected chi connectivity index (χ3v) is 4.13. The van der Waals surface area contributed by atoms with Crippen LogP contribution < -0.4 is 11.3 Å². The van der Waals surface area contributed by atoms with Crippen molar-refractivity contribution in [1.82, 2.24) is 25.0 Å². The van der Waals surface area contributed by atoms with E-state index in [1.54, 1.807) is 0 Å². The van der Waals surface area contributed by atoms with Gasteiger partial charge < -0.3 is 0 Å². The van der Waals surface area contributed by atoms with E-state index in [9.17, 15) is 0 Å². The Labute approximate surface area is 126 Å². The molecule has 2 aromatic heterocycles. The summed E-state index contributed by atoms with van der Waals surface area (Å²) < 4.78 is 3.89. The Balaban J connectivity index is 1.96. The predicted octanol–water partition coefficient (Wildman–Crippen LogP) is 1.26. The zero-order chi connectivity index (χ0) is 15.4. The maximum atomic E-state index is 5.71. The van der Waals surface area contributed by atoms with Crippen molar-refractivity contribution in [3.05, 3.63) is 34.9 Å². The van der Waals surface area contributed by atoms with Crippen LogP contribution in [0.25, 0.3) is 0 Å². The summed E-state index contributed by atoms with van der Waals surface area (Å²) in [6.07, 6.45) is 6.89. The van der Waals surface area contributed by atoms with Crippen LogP contribution in [0.3, 0.4) is 0 Å². The van der Waals surface area contributed by atoms with Crippen LogP contribution in [0, 0.1) is 13.8 Å². The molecule has 0 aliphatic carbocycles. The highest BCUT2D eigenvalue weighted by molar-refractivity contribution is 5.24. The molecule has 0 saturated carbocycles. The maximum absolute atomic E-state index is 5.71. The van der Waals surface area contributed by atoms with Crippen LogP contribution in [-0.4, -0.2) is 25.6 Å². The molecule has 0 bridgehead atoms. The Morgan fingerprint density at radius 2 is 2.14 bits per heavy atom. The molecule has 6 heteroatoms. The van der Waals surface area contributed by atoms with Gasteiger partial charge in [0.2, 0.25) is 0 Å². The highest BCUT2D eigenvalue weighted by atomic mass is 15.3. The van der Waals surface area contributed by atoms with Crippen LogP contribution in [0.2, 0.25) is 0 Å². The Morgan fingerprint density at radius 1 is 1.38 bits per heavy atom. The summed E-state index contributed by atoms with van der Waals surface area (Å²) in [5.41, 5.74) is 7.84. The first-order valence-electron chi connectivity index (χ1n) is 7.51. The predicted molar refractivity (Wildman–Crippen MR) is 83.7 cm³/mol. The SMILES string of the molecule is CCn1cc(CC(CCc2c(C)nn(C)c2C)NN)cn1. The van der Waals surface area contributed by atoms with Crippen LogP contribution in [0.15, 0.2) is 12.4 Å². The van der Waals surface area contributed by atoms with E-state index in [0.29, 0.717) is 0 Å². The molecule has 6 nitrogen and oxygen atoms in total. The number of hydrogen-bond donors (Lipinski definition) is 2. The van der Waals surface area contributed by atoms with Gasteiger partial charge in [0.05, 0.1) is 11.9 Å². The van der Waals surface area contributed by atoms with E-state index in [1.165, 1.54) is 16.8 Å². The summed E-state index contributed by atoms with van der Waals surface area (Å²) in [6, 6.07) is 0.249. The van der Waals surface area contributed by atoms with E-state index >= 15 is 0 Å². The molecule has 2 heterocycles. The number of hydrogen-bond acceptors (Lipinski definition) is 4. The lowest BCUT2D eigenvalue weighted by Gasteiger charge is -2.15. The van der Waals surface area contributed by atoms with Crippen molar-refractivity contribution in [1.29, 1.82) is 0 Å². The van der Waals surface area contributed by atoms with Gasteiger partial charge in [-0.25, -0.2) is 0 Å². The molecule has 0 saturated heterocycles. The van der Waals surface area contributed by atoms with Gasteiger partial charge in [0.1, 0.15) is 0 Å². The zero-order valence-corrected chi connectivity index (χ0v) is 13.4. The Morgan fingerprint density at radius 3 is 2.67 bits per heavy atom. The second-order valence-corrected chi connectivity index (χ2v) is 5.58. The average molecular weight is 290 g/mol. The summed E-state index contributed by atoms with van der Waals surface area (Å²) in [6.45, 7) is 7.17. The molecular weight excluding hydrogens is 264 g/mol. The van der Waals surface area contributed by atoms with Gasteiger partial charge in [-0.1, -0.05) is 0 Å². The largest absolute Gasteiger partial charge is 0.273 e. The van der Waals surface area contributed by atoms with Gasteiger partial charge >= 0.3 is 0 Å². The minimum absolute atomic E-state index is 0.249. The monoisotopic (exact) mass is 290 g/mol. The molecule has 116 valence electrons. The lowest BCUT2D eigenvalue weighted by molar-refractivity contribution is 0.490. The van der Waals surface area contributed by atoms with Crippen molar-refractivity contribution in [3.63, 3.8) is 0 Å². The molecule has 0 aliphatic rings. The van der Waals surface area contributed by atoms with Crippen LogP contribution in [0.5, 0.6) is 0 Å². The quantitative estimate of drug-likeness (QED) is 0.595. The molecule has 1 atom stereocenters. The maximum Gasteiger partial charge on any atom is 0.0628 e. The van der Waals surface area contributed by atoms with Gasteiger partial charge in [0.15, 0.2) is 0 Å². The summed E-state index contributed by atoms with van der Waals surface area (Å²) in [5, 5.41) is 8.77. The summed E-state index contributed by atoms with van der Waals surface area (Å²) >= 11 is 0. The van der Waals surface area contributed by atoms with Crippen molar-refractivity contribution in [3.8, 4) is 0 Å².